The number of furan rings is 1. The zero-order valence-electron chi connectivity index (χ0n) is 29.1. The number of nitrogens with zero attached hydrogens (tertiary/aromatic N) is 1. The Labute approximate surface area is 303 Å². The van der Waals surface area contributed by atoms with Crippen molar-refractivity contribution in [3.63, 3.8) is 0 Å². The lowest BCUT2D eigenvalue weighted by Gasteiger charge is -2.21. The van der Waals surface area contributed by atoms with Crippen LogP contribution in [0, 0.1) is 0 Å². The number of fused-ring (bicyclic) bond motifs is 7. The van der Waals surface area contributed by atoms with Crippen LogP contribution in [0.3, 0.4) is 0 Å². The molecule has 1 aliphatic rings. The quantitative estimate of drug-likeness (QED) is 0.183. The van der Waals surface area contributed by atoms with Crippen molar-refractivity contribution in [3.05, 3.63) is 187 Å². The predicted molar refractivity (Wildman–Crippen MR) is 216 cm³/mol. The zero-order valence-corrected chi connectivity index (χ0v) is 29.1. The Bertz CT molecular complexity index is 2780. The fourth-order valence-electron chi connectivity index (χ4n) is 8.18. The second-order valence-electron chi connectivity index (χ2n) is 14.3. The van der Waals surface area contributed by atoms with E-state index in [1.165, 1.54) is 33.4 Å². The van der Waals surface area contributed by atoms with Crippen molar-refractivity contribution >= 4 is 21.9 Å². The summed E-state index contributed by atoms with van der Waals surface area (Å²) < 4.78 is 6.96. The predicted octanol–water partition coefficient (Wildman–Crippen LogP) is 13.6. The molecular formula is C50H35NO. The van der Waals surface area contributed by atoms with Gasteiger partial charge in [-0.05, 0) is 62.7 Å². The summed E-state index contributed by atoms with van der Waals surface area (Å²) in [5.74, 6) is 0. The summed E-state index contributed by atoms with van der Waals surface area (Å²) in [5.41, 5.74) is 17.8. The third-order valence-corrected chi connectivity index (χ3v) is 10.9. The largest absolute Gasteiger partial charge is 0.455 e. The Morgan fingerprint density at radius 1 is 0.385 bits per heavy atom. The van der Waals surface area contributed by atoms with E-state index in [-0.39, 0.29) is 5.41 Å². The Balaban J connectivity index is 1.15. The highest BCUT2D eigenvalue weighted by Crippen LogP contribution is 2.54. The molecule has 10 rings (SSSR count). The van der Waals surface area contributed by atoms with E-state index < -0.39 is 0 Å². The maximum absolute atomic E-state index is 6.96. The summed E-state index contributed by atoms with van der Waals surface area (Å²) in [6, 6.07) is 62.8. The average Bonchev–Trinajstić information content (AvgIpc) is 3.70. The van der Waals surface area contributed by atoms with Crippen molar-refractivity contribution in [2.45, 2.75) is 19.3 Å². The summed E-state index contributed by atoms with van der Waals surface area (Å²) in [6.45, 7) is 4.66. The lowest BCUT2D eigenvalue weighted by atomic mass is 9.82. The van der Waals surface area contributed by atoms with Crippen molar-refractivity contribution in [3.8, 4) is 67.0 Å². The number of para-hydroxylation sites is 1. The topological polar surface area (TPSA) is 26.0 Å². The van der Waals surface area contributed by atoms with Crippen LogP contribution in [-0.2, 0) is 5.41 Å². The molecule has 0 amide bonds. The van der Waals surface area contributed by atoms with Gasteiger partial charge in [0.15, 0.2) is 0 Å². The van der Waals surface area contributed by atoms with Gasteiger partial charge in [0, 0.05) is 38.4 Å². The van der Waals surface area contributed by atoms with E-state index in [4.69, 9.17) is 9.40 Å². The van der Waals surface area contributed by atoms with E-state index >= 15 is 0 Å². The normalized spacial score (nSPS) is 13.0. The van der Waals surface area contributed by atoms with E-state index in [0.717, 1.165) is 66.7 Å². The van der Waals surface area contributed by atoms with Crippen LogP contribution in [0.25, 0.3) is 89.0 Å². The fraction of sp³-hybridized carbons (Fsp3) is 0.0600. The third kappa shape index (κ3) is 4.83. The molecule has 0 bridgehead atoms. The van der Waals surface area contributed by atoms with Gasteiger partial charge in [0.2, 0.25) is 0 Å². The van der Waals surface area contributed by atoms with Crippen molar-refractivity contribution in [1.82, 2.24) is 4.98 Å². The molecule has 0 unspecified atom stereocenters. The molecule has 0 atom stereocenters. The molecule has 0 fully saturated rings. The SMILES string of the molecule is CC1(C)c2ccc(-c3cc(-c4ccccc4)nc(-c4ccc(-c5ccccc5)cc4)c3)cc2-c2c1ccc1c2oc2c(-c3ccccc3)cccc21. The fourth-order valence-corrected chi connectivity index (χ4v) is 8.18. The van der Waals surface area contributed by atoms with Crippen molar-refractivity contribution < 1.29 is 4.42 Å². The molecule has 9 aromatic rings. The Morgan fingerprint density at radius 3 is 1.62 bits per heavy atom. The molecule has 1 aliphatic carbocycles. The van der Waals surface area contributed by atoms with Crippen LogP contribution in [0.5, 0.6) is 0 Å². The lowest BCUT2D eigenvalue weighted by Crippen LogP contribution is -2.14. The minimum atomic E-state index is -0.169. The van der Waals surface area contributed by atoms with Gasteiger partial charge >= 0.3 is 0 Å². The monoisotopic (exact) mass is 665 g/mol. The van der Waals surface area contributed by atoms with Gasteiger partial charge in [-0.25, -0.2) is 4.98 Å². The average molecular weight is 666 g/mol. The first-order valence-corrected chi connectivity index (χ1v) is 18.0. The number of benzene rings is 7. The molecule has 246 valence electrons. The number of hydrogen-bond acceptors (Lipinski definition) is 2. The summed E-state index contributed by atoms with van der Waals surface area (Å²) in [7, 11) is 0. The highest BCUT2D eigenvalue weighted by Gasteiger charge is 2.38. The van der Waals surface area contributed by atoms with Gasteiger partial charge < -0.3 is 4.42 Å². The van der Waals surface area contributed by atoms with Gasteiger partial charge in [-0.2, -0.15) is 0 Å². The molecule has 7 aromatic carbocycles. The Kier molecular flexibility index (Phi) is 6.87. The molecule has 2 nitrogen and oxygen atoms in total. The van der Waals surface area contributed by atoms with Crippen LogP contribution in [0.1, 0.15) is 25.0 Å². The first-order chi connectivity index (χ1) is 25.5. The Morgan fingerprint density at radius 2 is 0.923 bits per heavy atom. The molecule has 2 aromatic heterocycles. The van der Waals surface area contributed by atoms with Crippen LogP contribution in [-0.4, -0.2) is 4.98 Å². The summed E-state index contributed by atoms with van der Waals surface area (Å²) in [5, 5.41) is 2.29. The minimum absolute atomic E-state index is 0.169. The van der Waals surface area contributed by atoms with Crippen LogP contribution in [0.4, 0.5) is 0 Å². The maximum Gasteiger partial charge on any atom is 0.143 e. The smallest absolute Gasteiger partial charge is 0.143 e. The highest BCUT2D eigenvalue weighted by atomic mass is 16.3. The van der Waals surface area contributed by atoms with Gasteiger partial charge in [-0.3, -0.25) is 0 Å². The van der Waals surface area contributed by atoms with E-state index in [9.17, 15) is 0 Å². The van der Waals surface area contributed by atoms with Crippen LogP contribution in [0.2, 0.25) is 0 Å². The van der Waals surface area contributed by atoms with Gasteiger partial charge in [-0.15, -0.1) is 0 Å². The molecule has 0 saturated carbocycles. The molecule has 2 heteroatoms. The molecule has 0 spiro atoms. The summed E-state index contributed by atoms with van der Waals surface area (Å²) >= 11 is 0. The molecule has 0 aliphatic heterocycles. The van der Waals surface area contributed by atoms with Crippen LogP contribution in [0.15, 0.2) is 180 Å². The second kappa shape index (κ2) is 11.8. The molecule has 2 heterocycles. The molecule has 0 radical (unpaired) electrons. The number of rotatable bonds is 5. The minimum Gasteiger partial charge on any atom is -0.455 e. The van der Waals surface area contributed by atoms with Gasteiger partial charge in [0.25, 0.3) is 0 Å². The molecule has 0 N–H and O–H groups in total. The van der Waals surface area contributed by atoms with E-state index in [2.05, 4.69) is 190 Å². The van der Waals surface area contributed by atoms with E-state index in [1.807, 2.05) is 0 Å². The van der Waals surface area contributed by atoms with E-state index in [0.29, 0.717) is 0 Å². The van der Waals surface area contributed by atoms with Crippen molar-refractivity contribution in [1.29, 1.82) is 0 Å². The van der Waals surface area contributed by atoms with Crippen LogP contribution >= 0.6 is 0 Å². The highest BCUT2D eigenvalue weighted by molar-refractivity contribution is 6.14. The number of aromatic nitrogens is 1. The van der Waals surface area contributed by atoms with Gasteiger partial charge in [0.1, 0.15) is 11.2 Å². The summed E-state index contributed by atoms with van der Waals surface area (Å²) in [4.78, 5) is 5.22. The van der Waals surface area contributed by atoms with E-state index in [1.54, 1.807) is 0 Å². The number of hydrogen-bond donors (Lipinski definition) is 0. The van der Waals surface area contributed by atoms with Gasteiger partial charge in [0.05, 0.1) is 11.4 Å². The summed E-state index contributed by atoms with van der Waals surface area (Å²) in [6.07, 6.45) is 0. The van der Waals surface area contributed by atoms with Gasteiger partial charge in [-0.1, -0.05) is 172 Å². The molecule has 52 heavy (non-hydrogen) atoms. The zero-order chi connectivity index (χ0) is 34.8. The first-order valence-electron chi connectivity index (χ1n) is 18.0. The first kappa shape index (κ1) is 30.3. The maximum atomic E-state index is 6.96. The third-order valence-electron chi connectivity index (χ3n) is 10.9. The van der Waals surface area contributed by atoms with Crippen LogP contribution < -0.4 is 0 Å². The number of pyridine rings is 1. The van der Waals surface area contributed by atoms with Crippen molar-refractivity contribution in [2.24, 2.45) is 0 Å². The standard InChI is InChI=1S/C50H35NO/c1-50(2)43-27-25-37(29-42(43)47-44(50)28-26-41-40-20-12-19-39(48(40)52-49(41)47)34-15-8-4-9-16-34)38-30-45(35-17-10-5-11-18-35)51-46(31-38)36-23-21-33(22-24-36)32-13-6-3-7-14-32/h3-31H,1-2H3. The Hall–Kier alpha value is -6.51. The molecule has 0 saturated heterocycles. The second-order valence-corrected chi connectivity index (χ2v) is 14.3. The molecular weight excluding hydrogens is 631 g/mol. The van der Waals surface area contributed by atoms with Crippen molar-refractivity contribution in [2.75, 3.05) is 0 Å². The lowest BCUT2D eigenvalue weighted by molar-refractivity contribution is 0.653.